The third-order valence-electron chi connectivity index (χ3n) is 2.95. The Hall–Kier alpha value is -3.07. The zero-order valence-electron chi connectivity index (χ0n) is 10.7. The van der Waals surface area contributed by atoms with Gasteiger partial charge in [-0.2, -0.15) is 5.26 Å². The molecule has 0 saturated carbocycles. The molecule has 102 valence electrons. The van der Waals surface area contributed by atoms with Crippen molar-refractivity contribution in [1.29, 1.82) is 5.26 Å². The summed E-state index contributed by atoms with van der Waals surface area (Å²) in [5.41, 5.74) is 1.44. The molecule has 4 nitrogen and oxygen atoms in total. The summed E-state index contributed by atoms with van der Waals surface area (Å²) < 4.78 is 27.8. The molecule has 0 bridgehead atoms. The van der Waals surface area contributed by atoms with E-state index in [0.29, 0.717) is 16.9 Å². The van der Waals surface area contributed by atoms with Crippen molar-refractivity contribution >= 4 is 0 Å². The van der Waals surface area contributed by atoms with Gasteiger partial charge in [0.05, 0.1) is 5.69 Å². The molecule has 3 aromatic rings. The Balaban J connectivity index is 2.22. The molecule has 2 aromatic carbocycles. The Kier molecular flexibility index (Phi) is 3.16. The second-order valence-corrected chi connectivity index (χ2v) is 4.30. The Morgan fingerprint density at radius 2 is 1.76 bits per heavy atom. The summed E-state index contributed by atoms with van der Waals surface area (Å²) in [4.78, 5) is 0. The zero-order valence-corrected chi connectivity index (χ0v) is 10.7. The molecule has 0 saturated heterocycles. The van der Waals surface area contributed by atoms with Crippen molar-refractivity contribution in [2.24, 2.45) is 0 Å². The van der Waals surface area contributed by atoms with Crippen LogP contribution in [0.2, 0.25) is 0 Å². The Bertz CT molecular complexity index is 832. The van der Waals surface area contributed by atoms with Gasteiger partial charge in [0.25, 0.3) is 0 Å². The van der Waals surface area contributed by atoms with Gasteiger partial charge in [-0.25, -0.2) is 13.5 Å². The van der Waals surface area contributed by atoms with Crippen LogP contribution in [0.4, 0.5) is 8.78 Å². The van der Waals surface area contributed by atoms with Crippen LogP contribution in [0, 0.1) is 23.0 Å². The van der Waals surface area contributed by atoms with E-state index in [1.807, 2.05) is 6.07 Å². The quantitative estimate of drug-likeness (QED) is 0.725. The van der Waals surface area contributed by atoms with Crippen molar-refractivity contribution in [2.45, 2.75) is 0 Å². The molecule has 0 N–H and O–H groups in total. The highest BCUT2D eigenvalue weighted by atomic mass is 19.1. The molecule has 0 radical (unpaired) electrons. The van der Waals surface area contributed by atoms with E-state index in [9.17, 15) is 8.78 Å². The summed E-state index contributed by atoms with van der Waals surface area (Å²) in [5.74, 6) is -0.810. The average Bonchev–Trinajstić information content (AvgIpc) is 2.92. The molecular weight excluding hydrogens is 274 g/mol. The van der Waals surface area contributed by atoms with Crippen LogP contribution in [0.1, 0.15) is 5.69 Å². The standard InChI is InChI=1S/C15H8F2N4/c16-11-4-6-13(7-5-11)21-15(14(9-18)19-20-21)10-2-1-3-12(17)8-10/h1-8H. The third-order valence-corrected chi connectivity index (χ3v) is 2.95. The zero-order chi connectivity index (χ0) is 14.8. The van der Waals surface area contributed by atoms with Gasteiger partial charge in [-0.15, -0.1) is 5.10 Å². The van der Waals surface area contributed by atoms with Gasteiger partial charge >= 0.3 is 0 Å². The molecule has 1 aromatic heterocycles. The molecule has 0 unspecified atom stereocenters. The Morgan fingerprint density at radius 3 is 2.43 bits per heavy atom. The number of aromatic nitrogens is 3. The molecule has 6 heteroatoms. The number of hydrogen-bond acceptors (Lipinski definition) is 3. The maximum atomic E-state index is 13.4. The minimum Gasteiger partial charge on any atom is -0.211 e. The number of nitrogens with zero attached hydrogens (tertiary/aromatic N) is 4. The minimum atomic E-state index is -0.428. The van der Waals surface area contributed by atoms with Crippen LogP contribution in [0.25, 0.3) is 16.9 Å². The molecule has 0 aliphatic carbocycles. The van der Waals surface area contributed by atoms with Crippen LogP contribution in [0.5, 0.6) is 0 Å². The fourth-order valence-electron chi connectivity index (χ4n) is 2.01. The molecule has 0 aliphatic heterocycles. The summed E-state index contributed by atoms with van der Waals surface area (Å²) in [6, 6.07) is 13.3. The summed E-state index contributed by atoms with van der Waals surface area (Å²) in [6.07, 6.45) is 0. The summed E-state index contributed by atoms with van der Waals surface area (Å²) >= 11 is 0. The maximum Gasteiger partial charge on any atom is 0.191 e. The first-order valence-corrected chi connectivity index (χ1v) is 6.07. The number of nitriles is 1. The Morgan fingerprint density at radius 1 is 1.00 bits per heavy atom. The topological polar surface area (TPSA) is 54.5 Å². The first-order chi connectivity index (χ1) is 10.2. The van der Waals surface area contributed by atoms with Crippen LogP contribution < -0.4 is 0 Å². The van der Waals surface area contributed by atoms with E-state index < -0.39 is 5.82 Å². The van der Waals surface area contributed by atoms with Crippen molar-refractivity contribution in [2.75, 3.05) is 0 Å². The minimum absolute atomic E-state index is 0.0740. The lowest BCUT2D eigenvalue weighted by molar-refractivity contribution is 0.626. The fourth-order valence-corrected chi connectivity index (χ4v) is 2.01. The lowest BCUT2D eigenvalue weighted by Gasteiger charge is -2.06. The van der Waals surface area contributed by atoms with Crippen molar-refractivity contribution in [3.8, 4) is 23.0 Å². The highest BCUT2D eigenvalue weighted by molar-refractivity contribution is 5.66. The number of benzene rings is 2. The van der Waals surface area contributed by atoms with E-state index in [0.717, 1.165) is 0 Å². The SMILES string of the molecule is N#Cc1nnn(-c2ccc(F)cc2)c1-c1cccc(F)c1. The van der Waals surface area contributed by atoms with Crippen molar-refractivity contribution < 1.29 is 8.78 Å². The van der Waals surface area contributed by atoms with E-state index in [4.69, 9.17) is 5.26 Å². The molecule has 0 amide bonds. The monoisotopic (exact) mass is 282 g/mol. The molecule has 0 atom stereocenters. The summed E-state index contributed by atoms with van der Waals surface area (Å²) in [5, 5.41) is 16.8. The van der Waals surface area contributed by atoms with Crippen molar-refractivity contribution in [3.05, 3.63) is 65.9 Å². The average molecular weight is 282 g/mol. The van der Waals surface area contributed by atoms with Crippen LogP contribution in [-0.4, -0.2) is 15.0 Å². The Labute approximate surface area is 118 Å². The van der Waals surface area contributed by atoms with E-state index >= 15 is 0 Å². The lowest BCUT2D eigenvalue weighted by Crippen LogP contribution is -2.00. The molecular formula is C15H8F2N4. The first-order valence-electron chi connectivity index (χ1n) is 6.07. The summed E-state index contributed by atoms with van der Waals surface area (Å²) in [6.45, 7) is 0. The number of halogens is 2. The van der Waals surface area contributed by atoms with Crippen LogP contribution in [-0.2, 0) is 0 Å². The highest BCUT2D eigenvalue weighted by Gasteiger charge is 2.16. The normalized spacial score (nSPS) is 10.3. The van der Waals surface area contributed by atoms with Gasteiger partial charge in [0.15, 0.2) is 5.69 Å². The first kappa shape index (κ1) is 12.9. The molecule has 1 heterocycles. The highest BCUT2D eigenvalue weighted by Crippen LogP contribution is 2.25. The molecule has 21 heavy (non-hydrogen) atoms. The predicted molar refractivity (Wildman–Crippen MR) is 71.4 cm³/mol. The van der Waals surface area contributed by atoms with E-state index in [2.05, 4.69) is 10.3 Å². The van der Waals surface area contributed by atoms with E-state index in [1.54, 1.807) is 6.07 Å². The van der Waals surface area contributed by atoms with Crippen LogP contribution in [0.15, 0.2) is 48.5 Å². The molecule has 0 fully saturated rings. The van der Waals surface area contributed by atoms with Gasteiger partial charge in [0, 0.05) is 5.56 Å². The van der Waals surface area contributed by atoms with E-state index in [1.165, 1.54) is 47.1 Å². The second-order valence-electron chi connectivity index (χ2n) is 4.30. The molecule has 3 rings (SSSR count). The number of rotatable bonds is 2. The van der Waals surface area contributed by atoms with Crippen molar-refractivity contribution in [3.63, 3.8) is 0 Å². The number of hydrogen-bond donors (Lipinski definition) is 0. The molecule has 0 spiro atoms. The fraction of sp³-hybridized carbons (Fsp3) is 0. The largest absolute Gasteiger partial charge is 0.211 e. The van der Waals surface area contributed by atoms with Gasteiger partial charge in [0.2, 0.25) is 0 Å². The third kappa shape index (κ3) is 2.37. The van der Waals surface area contributed by atoms with Crippen molar-refractivity contribution in [1.82, 2.24) is 15.0 Å². The van der Waals surface area contributed by atoms with E-state index in [-0.39, 0.29) is 11.5 Å². The van der Waals surface area contributed by atoms with Crippen LogP contribution >= 0.6 is 0 Å². The maximum absolute atomic E-state index is 13.4. The van der Waals surface area contributed by atoms with Gasteiger partial charge in [-0.05, 0) is 36.4 Å². The lowest BCUT2D eigenvalue weighted by atomic mass is 10.1. The van der Waals surface area contributed by atoms with Gasteiger partial charge in [0.1, 0.15) is 23.4 Å². The van der Waals surface area contributed by atoms with Gasteiger partial charge in [-0.1, -0.05) is 17.3 Å². The van der Waals surface area contributed by atoms with Crippen LogP contribution in [0.3, 0.4) is 0 Å². The predicted octanol–water partition coefficient (Wildman–Crippen LogP) is 3.08. The molecule has 0 aliphatic rings. The van der Waals surface area contributed by atoms with Gasteiger partial charge in [-0.3, -0.25) is 0 Å². The smallest absolute Gasteiger partial charge is 0.191 e. The second kappa shape index (κ2) is 5.13. The summed E-state index contributed by atoms with van der Waals surface area (Å²) in [7, 11) is 0. The van der Waals surface area contributed by atoms with Gasteiger partial charge < -0.3 is 0 Å².